The summed E-state index contributed by atoms with van der Waals surface area (Å²) in [7, 11) is -3.75. The first-order valence-electron chi connectivity index (χ1n) is 9.94. The molecule has 1 N–H and O–H groups in total. The maximum atomic E-state index is 13.8. The lowest BCUT2D eigenvalue weighted by molar-refractivity contribution is -0.267. The van der Waals surface area contributed by atoms with Gasteiger partial charge in [0.2, 0.25) is 0 Å². The molecule has 0 bridgehead atoms. The van der Waals surface area contributed by atoms with Gasteiger partial charge in [-0.3, -0.25) is 14.2 Å². The number of carboxylic acids is 1. The van der Waals surface area contributed by atoms with Crippen LogP contribution in [-0.2, 0) is 23.2 Å². The fourth-order valence-corrected chi connectivity index (χ4v) is 5.66. The summed E-state index contributed by atoms with van der Waals surface area (Å²) in [6.45, 7) is 14.3. The molecule has 0 saturated carbocycles. The van der Waals surface area contributed by atoms with E-state index in [4.69, 9.17) is 13.9 Å². The van der Waals surface area contributed by atoms with Crippen LogP contribution in [0.2, 0.25) is 0 Å². The molecular weight excluding hydrogens is 393 g/mol. The molecule has 166 valence electrons. The predicted octanol–water partition coefficient (Wildman–Crippen LogP) is 5.48. The molecule has 1 rings (SSSR count). The zero-order chi connectivity index (χ0) is 22.5. The molecule has 2 atom stereocenters. The topological polar surface area (TPSA) is 85.3 Å². The number of hydroxylamine groups is 2. The van der Waals surface area contributed by atoms with E-state index in [9.17, 15) is 14.5 Å². The van der Waals surface area contributed by atoms with Crippen LogP contribution >= 0.6 is 7.60 Å². The summed E-state index contributed by atoms with van der Waals surface area (Å²) in [6.07, 6.45) is -0.476. The molecule has 0 amide bonds. The molecule has 0 heterocycles. The van der Waals surface area contributed by atoms with Crippen molar-refractivity contribution in [3.8, 4) is 0 Å². The van der Waals surface area contributed by atoms with Gasteiger partial charge in [-0.25, -0.2) is 0 Å². The zero-order valence-corrected chi connectivity index (χ0v) is 19.7. The Kier molecular flexibility index (Phi) is 9.06. The molecule has 0 fully saturated rings. The van der Waals surface area contributed by atoms with Crippen LogP contribution in [0.1, 0.15) is 67.1 Å². The summed E-state index contributed by atoms with van der Waals surface area (Å²) in [5.41, 5.74) is -1.30. The van der Waals surface area contributed by atoms with Gasteiger partial charge in [-0.15, -0.1) is 0 Å². The van der Waals surface area contributed by atoms with E-state index in [1.165, 1.54) is 18.9 Å². The Morgan fingerprint density at radius 3 is 1.93 bits per heavy atom. The third-order valence-electron chi connectivity index (χ3n) is 4.53. The van der Waals surface area contributed by atoms with Crippen molar-refractivity contribution in [2.75, 3.05) is 13.2 Å². The van der Waals surface area contributed by atoms with E-state index in [2.05, 4.69) is 0 Å². The van der Waals surface area contributed by atoms with Crippen LogP contribution in [0.3, 0.4) is 0 Å². The summed E-state index contributed by atoms with van der Waals surface area (Å²) in [5.74, 6) is -2.06. The van der Waals surface area contributed by atoms with Gasteiger partial charge in [-0.1, -0.05) is 51.1 Å². The number of carbonyl (C=O) groups is 1. The number of rotatable bonds is 11. The van der Waals surface area contributed by atoms with Gasteiger partial charge in [0.25, 0.3) is 0 Å². The summed E-state index contributed by atoms with van der Waals surface area (Å²) in [5, 5.41) is 11.2. The molecule has 0 unspecified atom stereocenters. The molecule has 29 heavy (non-hydrogen) atoms. The van der Waals surface area contributed by atoms with E-state index in [-0.39, 0.29) is 13.2 Å². The van der Waals surface area contributed by atoms with E-state index in [1.807, 2.05) is 58.0 Å². The molecule has 0 aliphatic carbocycles. The summed E-state index contributed by atoms with van der Waals surface area (Å²) >= 11 is 0. The molecule has 0 spiro atoms. The first-order chi connectivity index (χ1) is 13.3. The van der Waals surface area contributed by atoms with Crippen LogP contribution < -0.4 is 0 Å². The molecule has 1 aromatic carbocycles. The van der Waals surface area contributed by atoms with Gasteiger partial charge in [-0.2, -0.15) is 5.06 Å². The average Bonchev–Trinajstić information content (AvgIpc) is 2.60. The molecule has 0 aliphatic heterocycles. The molecular formula is C21H36NO6P. The second kappa shape index (κ2) is 10.2. The minimum absolute atomic E-state index is 0.166. The summed E-state index contributed by atoms with van der Waals surface area (Å²) in [6, 6.07) is 9.45. The third kappa shape index (κ3) is 6.37. The van der Waals surface area contributed by atoms with Crippen LogP contribution in [-0.4, -0.2) is 40.7 Å². The van der Waals surface area contributed by atoms with Crippen molar-refractivity contribution in [2.45, 2.75) is 72.8 Å². The minimum atomic E-state index is -3.75. The second-order valence-electron chi connectivity index (χ2n) is 8.46. The Bertz CT molecular complexity index is 691. The van der Waals surface area contributed by atoms with Crippen molar-refractivity contribution in [2.24, 2.45) is 5.41 Å². The fourth-order valence-electron chi connectivity index (χ4n) is 3.04. The van der Waals surface area contributed by atoms with Crippen LogP contribution in [0.5, 0.6) is 0 Å². The van der Waals surface area contributed by atoms with E-state index in [0.717, 1.165) is 5.56 Å². The van der Waals surface area contributed by atoms with Gasteiger partial charge in [0.15, 0.2) is 0 Å². The molecule has 0 saturated heterocycles. The Balaban J connectivity index is 3.56. The smallest absolute Gasteiger partial charge is 0.350 e. The lowest BCUT2D eigenvalue weighted by Crippen LogP contribution is -2.58. The number of hydrogen-bond acceptors (Lipinski definition) is 6. The fraction of sp³-hybridized carbons (Fsp3) is 0.667. The molecule has 0 aromatic heterocycles. The molecule has 0 aliphatic rings. The van der Waals surface area contributed by atoms with Crippen molar-refractivity contribution in [3.05, 3.63) is 35.9 Å². The normalized spacial score (nSPS) is 15.3. The number of nitrogens with zero attached hydrogens (tertiary/aromatic N) is 1. The van der Waals surface area contributed by atoms with Crippen LogP contribution in [0.15, 0.2) is 30.3 Å². The molecule has 1 aromatic rings. The van der Waals surface area contributed by atoms with Crippen molar-refractivity contribution in [1.82, 2.24) is 5.06 Å². The summed E-state index contributed by atoms with van der Waals surface area (Å²) in [4.78, 5) is 18.4. The SMILES string of the molecule is CCOP(=O)(OCC)[C@H](N(O[C@@H](C)c1ccccc1)C(C)(C)C(=O)O)C(C)(C)C. The zero-order valence-electron chi connectivity index (χ0n) is 18.8. The Labute approximate surface area is 174 Å². The second-order valence-corrected chi connectivity index (χ2v) is 10.5. The van der Waals surface area contributed by atoms with Crippen molar-refractivity contribution >= 4 is 13.6 Å². The van der Waals surface area contributed by atoms with Gasteiger partial charge in [0.1, 0.15) is 17.4 Å². The van der Waals surface area contributed by atoms with E-state index >= 15 is 0 Å². The van der Waals surface area contributed by atoms with Crippen molar-refractivity contribution in [3.63, 3.8) is 0 Å². The van der Waals surface area contributed by atoms with Crippen molar-refractivity contribution < 1.29 is 28.4 Å². The third-order valence-corrected chi connectivity index (χ3v) is 7.35. The first kappa shape index (κ1) is 25.8. The molecule has 8 heteroatoms. The van der Waals surface area contributed by atoms with Gasteiger partial charge >= 0.3 is 13.6 Å². The highest BCUT2D eigenvalue weighted by Crippen LogP contribution is 2.61. The maximum Gasteiger partial charge on any atom is 0.350 e. The number of hydrogen-bond donors (Lipinski definition) is 1. The Morgan fingerprint density at radius 1 is 1.07 bits per heavy atom. The first-order valence-corrected chi connectivity index (χ1v) is 11.6. The summed E-state index contributed by atoms with van der Waals surface area (Å²) < 4.78 is 25.1. The highest BCUT2D eigenvalue weighted by molar-refractivity contribution is 7.54. The van der Waals surface area contributed by atoms with E-state index in [0.29, 0.717) is 0 Å². The lowest BCUT2D eigenvalue weighted by Gasteiger charge is -2.47. The standard InChI is InChI=1S/C21H36NO6P/c1-9-26-29(25,27-10-2)18(20(4,5)6)22(21(7,8)19(23)24)28-16(3)17-14-12-11-13-15-17/h11-16,18H,9-10H2,1-8H3,(H,23,24)/t16-,18-/m0/s1. The highest BCUT2D eigenvalue weighted by Gasteiger charge is 2.54. The largest absolute Gasteiger partial charge is 0.480 e. The quantitative estimate of drug-likeness (QED) is 0.368. The number of carboxylic acid groups (broad SMARTS) is 1. The van der Waals surface area contributed by atoms with E-state index in [1.54, 1.807) is 13.8 Å². The average molecular weight is 429 g/mol. The highest BCUT2D eigenvalue weighted by atomic mass is 31.2. The Morgan fingerprint density at radius 2 is 1.55 bits per heavy atom. The van der Waals surface area contributed by atoms with Gasteiger partial charge in [0, 0.05) is 0 Å². The Hall–Kier alpha value is -1.24. The van der Waals surface area contributed by atoms with Gasteiger partial charge in [0.05, 0.1) is 13.2 Å². The van der Waals surface area contributed by atoms with Gasteiger partial charge in [-0.05, 0) is 45.6 Å². The monoisotopic (exact) mass is 429 g/mol. The predicted molar refractivity (Wildman–Crippen MR) is 114 cm³/mol. The van der Waals surface area contributed by atoms with Crippen LogP contribution in [0.25, 0.3) is 0 Å². The molecule has 0 radical (unpaired) electrons. The number of benzene rings is 1. The van der Waals surface area contributed by atoms with Crippen LogP contribution in [0.4, 0.5) is 0 Å². The van der Waals surface area contributed by atoms with Gasteiger partial charge < -0.3 is 14.2 Å². The number of aliphatic carboxylic acids is 1. The minimum Gasteiger partial charge on any atom is -0.480 e. The van der Waals surface area contributed by atoms with Crippen molar-refractivity contribution in [1.29, 1.82) is 0 Å². The molecule has 7 nitrogen and oxygen atoms in total. The van der Waals surface area contributed by atoms with E-state index < -0.39 is 36.4 Å². The lowest BCUT2D eigenvalue weighted by atomic mass is 9.93. The maximum absolute atomic E-state index is 13.8. The van der Waals surface area contributed by atoms with Crippen LogP contribution in [0, 0.1) is 5.41 Å².